The summed E-state index contributed by atoms with van der Waals surface area (Å²) in [6, 6.07) is 3.81. The first kappa shape index (κ1) is 20.3. The molecule has 150 valence electrons. The molecule has 0 N–H and O–H groups in total. The van der Waals surface area contributed by atoms with Crippen LogP contribution in [0.25, 0.3) is 0 Å². The molecule has 0 aliphatic carbocycles. The number of nitrogens with zero attached hydrogens (tertiary/aromatic N) is 5. The molecule has 9 heteroatoms. The Balaban J connectivity index is 1.49. The molecule has 3 heterocycles. The summed E-state index contributed by atoms with van der Waals surface area (Å²) in [5.74, 6) is 1.21. The summed E-state index contributed by atoms with van der Waals surface area (Å²) >= 11 is 3.35. The fraction of sp³-hybridized carbons (Fsp3) is 0.474. The molecular weight excluding hydrogens is 426 g/mol. The van der Waals surface area contributed by atoms with Gasteiger partial charge in [-0.15, -0.1) is 0 Å². The van der Waals surface area contributed by atoms with E-state index in [9.17, 15) is 4.79 Å². The number of hydrogen-bond acceptors (Lipinski definition) is 7. The third-order valence-corrected chi connectivity index (χ3v) is 4.47. The molecule has 2 aromatic heterocycles. The lowest BCUT2D eigenvalue weighted by atomic mass is 10.2. The highest BCUT2D eigenvalue weighted by Gasteiger charge is 2.26. The Morgan fingerprint density at radius 1 is 1.07 bits per heavy atom. The summed E-state index contributed by atoms with van der Waals surface area (Å²) in [5, 5.41) is 0. The zero-order valence-corrected chi connectivity index (χ0v) is 17.8. The molecule has 1 amide bonds. The number of carbonyl (C=O) groups is 1. The molecule has 28 heavy (non-hydrogen) atoms. The Morgan fingerprint density at radius 2 is 1.75 bits per heavy atom. The van der Waals surface area contributed by atoms with Gasteiger partial charge in [-0.25, -0.2) is 14.8 Å². The molecule has 1 aliphatic rings. The number of hydrogen-bond donors (Lipinski definition) is 0. The number of rotatable bonds is 4. The van der Waals surface area contributed by atoms with Crippen LogP contribution in [0.5, 0.6) is 5.75 Å². The van der Waals surface area contributed by atoms with Gasteiger partial charge in [0.15, 0.2) is 5.75 Å². The second-order valence-electron chi connectivity index (χ2n) is 7.43. The van der Waals surface area contributed by atoms with Gasteiger partial charge in [0.2, 0.25) is 5.95 Å². The maximum atomic E-state index is 12.1. The van der Waals surface area contributed by atoms with E-state index in [-0.39, 0.29) is 6.09 Å². The fourth-order valence-electron chi connectivity index (χ4n) is 2.61. The minimum absolute atomic E-state index is 0.279. The van der Waals surface area contributed by atoms with Gasteiger partial charge >= 0.3 is 6.09 Å². The van der Waals surface area contributed by atoms with E-state index in [1.165, 1.54) is 0 Å². The molecular formula is C19H24BrN5O3. The quantitative estimate of drug-likeness (QED) is 0.707. The Morgan fingerprint density at radius 3 is 2.32 bits per heavy atom. The fourth-order valence-corrected chi connectivity index (χ4v) is 2.85. The zero-order valence-electron chi connectivity index (χ0n) is 16.3. The maximum Gasteiger partial charge on any atom is 0.410 e. The molecule has 0 aromatic carbocycles. The van der Waals surface area contributed by atoms with Crippen molar-refractivity contribution < 1.29 is 14.3 Å². The van der Waals surface area contributed by atoms with Gasteiger partial charge in [-0.3, -0.25) is 4.98 Å². The highest BCUT2D eigenvalue weighted by Crippen LogP contribution is 2.17. The van der Waals surface area contributed by atoms with E-state index in [1.54, 1.807) is 23.5 Å². The van der Waals surface area contributed by atoms with Crippen molar-refractivity contribution in [2.24, 2.45) is 0 Å². The van der Waals surface area contributed by atoms with Gasteiger partial charge in [-0.2, -0.15) is 0 Å². The van der Waals surface area contributed by atoms with Crippen LogP contribution in [0.4, 0.5) is 10.7 Å². The molecule has 8 nitrogen and oxygen atoms in total. The predicted octanol–water partition coefficient (Wildman–Crippen LogP) is 3.27. The smallest absolute Gasteiger partial charge is 0.410 e. The summed E-state index contributed by atoms with van der Waals surface area (Å²) in [6.07, 6.45) is 4.76. The van der Waals surface area contributed by atoms with Crippen molar-refractivity contribution in [2.75, 3.05) is 31.1 Å². The van der Waals surface area contributed by atoms with Crippen molar-refractivity contribution in [1.82, 2.24) is 19.9 Å². The first-order valence-electron chi connectivity index (χ1n) is 9.08. The molecule has 1 aliphatic heterocycles. The normalized spacial score (nSPS) is 14.7. The van der Waals surface area contributed by atoms with E-state index < -0.39 is 5.60 Å². The highest BCUT2D eigenvalue weighted by atomic mass is 79.9. The van der Waals surface area contributed by atoms with Crippen LogP contribution >= 0.6 is 15.9 Å². The lowest BCUT2D eigenvalue weighted by Crippen LogP contribution is -2.50. The number of ether oxygens (including phenoxy) is 2. The van der Waals surface area contributed by atoms with Crippen LogP contribution in [0.15, 0.2) is 35.2 Å². The molecule has 3 rings (SSSR count). The zero-order chi connectivity index (χ0) is 20.1. The summed E-state index contributed by atoms with van der Waals surface area (Å²) in [7, 11) is 0. The van der Waals surface area contributed by atoms with E-state index in [4.69, 9.17) is 9.47 Å². The van der Waals surface area contributed by atoms with E-state index in [2.05, 4.69) is 30.9 Å². The van der Waals surface area contributed by atoms with Crippen molar-refractivity contribution in [3.8, 4) is 5.75 Å². The summed E-state index contributed by atoms with van der Waals surface area (Å²) < 4.78 is 12.0. The van der Waals surface area contributed by atoms with Crippen LogP contribution in [0.3, 0.4) is 0 Å². The van der Waals surface area contributed by atoms with Gasteiger partial charge in [0.05, 0.1) is 18.1 Å². The van der Waals surface area contributed by atoms with Crippen LogP contribution in [0, 0.1) is 0 Å². The number of pyridine rings is 1. The SMILES string of the molecule is CC(C)(C)OC(=O)N1CCN(c2ncc(OCc3ccc(Br)cn3)cn2)CC1. The molecule has 2 aromatic rings. The maximum absolute atomic E-state index is 12.1. The number of halogens is 1. The first-order chi connectivity index (χ1) is 13.3. The van der Waals surface area contributed by atoms with Gasteiger partial charge in [0, 0.05) is 36.8 Å². The number of amides is 1. The molecule has 0 radical (unpaired) electrons. The van der Waals surface area contributed by atoms with Crippen LogP contribution in [-0.2, 0) is 11.3 Å². The molecule has 0 bridgehead atoms. The number of carbonyl (C=O) groups excluding carboxylic acids is 1. The second kappa shape index (κ2) is 8.72. The van der Waals surface area contributed by atoms with Crippen molar-refractivity contribution in [1.29, 1.82) is 0 Å². The Hall–Kier alpha value is -2.42. The predicted molar refractivity (Wildman–Crippen MR) is 108 cm³/mol. The second-order valence-corrected chi connectivity index (χ2v) is 8.35. The number of anilines is 1. The lowest BCUT2D eigenvalue weighted by molar-refractivity contribution is 0.0240. The molecule has 1 fully saturated rings. The topological polar surface area (TPSA) is 80.7 Å². The van der Waals surface area contributed by atoms with E-state index in [0.717, 1.165) is 10.2 Å². The highest BCUT2D eigenvalue weighted by molar-refractivity contribution is 9.10. The molecule has 0 saturated carbocycles. The van der Waals surface area contributed by atoms with Crippen molar-refractivity contribution >= 4 is 28.0 Å². The number of aromatic nitrogens is 3. The first-order valence-corrected chi connectivity index (χ1v) is 9.87. The third-order valence-electron chi connectivity index (χ3n) is 4.00. The Bertz CT molecular complexity index is 785. The molecule has 0 unspecified atom stereocenters. The summed E-state index contributed by atoms with van der Waals surface area (Å²) in [4.78, 5) is 28.9. The van der Waals surface area contributed by atoms with Crippen LogP contribution in [-0.4, -0.2) is 57.7 Å². The van der Waals surface area contributed by atoms with Gasteiger partial charge in [-0.1, -0.05) is 0 Å². The van der Waals surface area contributed by atoms with Crippen LogP contribution in [0.2, 0.25) is 0 Å². The van der Waals surface area contributed by atoms with Crippen molar-refractivity contribution in [3.05, 3.63) is 40.9 Å². The Kier molecular flexibility index (Phi) is 6.33. The lowest BCUT2D eigenvalue weighted by Gasteiger charge is -2.35. The molecule has 0 spiro atoms. The van der Waals surface area contributed by atoms with Gasteiger partial charge in [-0.05, 0) is 48.8 Å². The van der Waals surface area contributed by atoms with Gasteiger partial charge in [0.1, 0.15) is 12.2 Å². The van der Waals surface area contributed by atoms with Gasteiger partial charge in [0.25, 0.3) is 0 Å². The van der Waals surface area contributed by atoms with Crippen molar-refractivity contribution in [2.45, 2.75) is 33.0 Å². The Labute approximate surface area is 173 Å². The minimum Gasteiger partial charge on any atom is -0.484 e. The van der Waals surface area contributed by atoms with E-state index in [0.29, 0.717) is 44.5 Å². The average Bonchev–Trinajstić information content (AvgIpc) is 2.67. The minimum atomic E-state index is -0.487. The van der Waals surface area contributed by atoms with E-state index >= 15 is 0 Å². The van der Waals surface area contributed by atoms with Crippen LogP contribution < -0.4 is 9.64 Å². The molecule has 1 saturated heterocycles. The number of piperazine rings is 1. The summed E-state index contributed by atoms with van der Waals surface area (Å²) in [6.45, 7) is 8.41. The standard InChI is InChI=1S/C19H24BrN5O3/c1-19(2,3)28-18(26)25-8-6-24(7-9-25)17-22-11-16(12-23-17)27-13-15-5-4-14(20)10-21-15/h4-5,10-12H,6-9,13H2,1-3H3. The third kappa shape index (κ3) is 5.79. The summed E-state index contributed by atoms with van der Waals surface area (Å²) in [5.41, 5.74) is 0.337. The van der Waals surface area contributed by atoms with Gasteiger partial charge < -0.3 is 19.3 Å². The largest absolute Gasteiger partial charge is 0.484 e. The molecule has 0 atom stereocenters. The van der Waals surface area contributed by atoms with Crippen molar-refractivity contribution in [3.63, 3.8) is 0 Å². The monoisotopic (exact) mass is 449 g/mol. The van der Waals surface area contributed by atoms with Crippen LogP contribution in [0.1, 0.15) is 26.5 Å². The average molecular weight is 450 g/mol. The van der Waals surface area contributed by atoms with E-state index in [1.807, 2.05) is 37.8 Å².